The molecule has 1 aliphatic carbocycles. The fraction of sp³-hybridized carbons (Fsp3) is 0.676. The van der Waals surface area contributed by atoms with Crippen molar-refractivity contribution >= 4 is 34.7 Å². The standard InChI is InChI=1S/C37H51N3O10/c1-20(2)17-28(32(43)40-29(33(44)45-6)18-23-19-38-27-10-8-7-9-24(23)27)39-30(41)13-14-31(42)46-34-22(4)26-12-11-21(3)25-15-16-36(5)48-35(47-34)37(25,26)50-49-36/h7-10,19-22,25-26,28-29,34-35,38H,11-18H2,1-6H3,(H,39,41)(H,40,43)/t21-,22+,25+,26-,28+,29+,34-,35+,36-,37-/m1/s1. The molecule has 13 nitrogen and oxygen atoms in total. The van der Waals surface area contributed by atoms with Crippen molar-refractivity contribution in [3.63, 3.8) is 0 Å². The van der Waals surface area contributed by atoms with Crippen molar-refractivity contribution in [2.75, 3.05) is 7.11 Å². The Balaban J connectivity index is 1.05. The molecular formula is C37H51N3O10. The average molecular weight is 698 g/mol. The van der Waals surface area contributed by atoms with Gasteiger partial charge in [0.1, 0.15) is 12.1 Å². The van der Waals surface area contributed by atoms with Gasteiger partial charge in [0, 0.05) is 48.2 Å². The number of esters is 2. The highest BCUT2D eigenvalue weighted by Gasteiger charge is 2.69. The van der Waals surface area contributed by atoms with Gasteiger partial charge in [-0.2, -0.15) is 0 Å². The van der Waals surface area contributed by atoms with Gasteiger partial charge in [-0.15, -0.1) is 0 Å². The van der Waals surface area contributed by atoms with Crippen LogP contribution >= 0.6 is 0 Å². The second kappa shape index (κ2) is 14.6. The minimum atomic E-state index is -0.972. The fourth-order valence-corrected chi connectivity index (χ4v) is 8.51. The molecule has 4 aliphatic heterocycles. The molecule has 5 aliphatic rings. The third-order valence-corrected chi connectivity index (χ3v) is 11.2. The van der Waals surface area contributed by atoms with Gasteiger partial charge >= 0.3 is 11.9 Å². The van der Waals surface area contributed by atoms with Crippen molar-refractivity contribution < 1.29 is 47.9 Å². The number of fused-ring (bicyclic) bond motifs is 3. The third-order valence-electron chi connectivity index (χ3n) is 11.2. The third kappa shape index (κ3) is 7.15. The summed E-state index contributed by atoms with van der Waals surface area (Å²) >= 11 is 0. The normalized spacial score (nSPS) is 32.8. The van der Waals surface area contributed by atoms with Crippen LogP contribution in [-0.4, -0.2) is 71.9 Å². The van der Waals surface area contributed by atoms with E-state index in [0.29, 0.717) is 18.8 Å². The number of methoxy groups -OCH3 is 1. The van der Waals surface area contributed by atoms with E-state index < -0.39 is 59.8 Å². The molecule has 10 atom stereocenters. The van der Waals surface area contributed by atoms with Gasteiger partial charge in [-0.25, -0.2) is 14.6 Å². The summed E-state index contributed by atoms with van der Waals surface area (Å²) in [5.41, 5.74) is 0.982. The number of ether oxygens (including phenoxy) is 4. The Bertz CT molecular complexity index is 1580. The Morgan fingerprint density at radius 1 is 1.00 bits per heavy atom. The van der Waals surface area contributed by atoms with Crippen molar-refractivity contribution in [2.45, 2.75) is 122 Å². The van der Waals surface area contributed by atoms with Gasteiger partial charge in [-0.05, 0) is 62.0 Å². The lowest BCUT2D eigenvalue weighted by Gasteiger charge is -2.59. The second-order valence-corrected chi connectivity index (χ2v) is 15.2. The minimum absolute atomic E-state index is 0.00807. The predicted molar refractivity (Wildman–Crippen MR) is 179 cm³/mol. The molecule has 1 spiro atoms. The largest absolute Gasteiger partial charge is 0.467 e. The average Bonchev–Trinajstić information content (AvgIpc) is 3.35. The van der Waals surface area contributed by atoms with Gasteiger partial charge in [0.05, 0.1) is 13.5 Å². The van der Waals surface area contributed by atoms with Crippen LogP contribution in [0.5, 0.6) is 0 Å². The highest BCUT2D eigenvalue weighted by molar-refractivity contribution is 5.92. The molecule has 2 amide bonds. The smallest absolute Gasteiger partial charge is 0.328 e. The van der Waals surface area contributed by atoms with E-state index >= 15 is 0 Å². The molecule has 2 bridgehead atoms. The predicted octanol–water partition coefficient (Wildman–Crippen LogP) is 4.43. The zero-order valence-electron chi connectivity index (χ0n) is 29.8. The van der Waals surface area contributed by atoms with E-state index in [2.05, 4.69) is 22.5 Å². The first-order valence-corrected chi connectivity index (χ1v) is 18.0. The molecule has 0 radical (unpaired) electrons. The molecule has 5 fully saturated rings. The van der Waals surface area contributed by atoms with Crippen molar-refractivity contribution in [2.24, 2.45) is 29.6 Å². The summed E-state index contributed by atoms with van der Waals surface area (Å²) in [5.74, 6) is -2.70. The Hall–Kier alpha value is -3.52. The van der Waals surface area contributed by atoms with Crippen LogP contribution in [0.3, 0.4) is 0 Å². The molecule has 1 saturated carbocycles. The summed E-state index contributed by atoms with van der Waals surface area (Å²) in [7, 11) is 1.27. The number of para-hydroxylation sites is 1. The van der Waals surface area contributed by atoms with E-state index in [9.17, 15) is 19.2 Å². The van der Waals surface area contributed by atoms with Gasteiger partial charge < -0.3 is 34.6 Å². The lowest BCUT2D eigenvalue weighted by Crippen LogP contribution is -2.70. The zero-order chi connectivity index (χ0) is 35.8. The van der Waals surface area contributed by atoms with E-state index in [1.165, 1.54) is 7.11 Å². The highest BCUT2D eigenvalue weighted by atomic mass is 17.3. The molecular weight excluding hydrogens is 646 g/mol. The number of nitrogens with one attached hydrogen (secondary N) is 3. The maximum absolute atomic E-state index is 13.5. The van der Waals surface area contributed by atoms with Crippen LogP contribution in [0, 0.1) is 29.6 Å². The number of rotatable bonds is 12. The highest BCUT2D eigenvalue weighted by Crippen LogP contribution is 2.60. The topological polar surface area (TPSA) is 164 Å². The first-order valence-electron chi connectivity index (χ1n) is 18.0. The van der Waals surface area contributed by atoms with E-state index in [1.54, 1.807) is 6.20 Å². The number of hydrogen-bond donors (Lipinski definition) is 3. The van der Waals surface area contributed by atoms with Crippen LogP contribution in [-0.2, 0) is 54.3 Å². The maximum Gasteiger partial charge on any atom is 0.328 e. The van der Waals surface area contributed by atoms with Crippen molar-refractivity contribution in [1.82, 2.24) is 15.6 Å². The van der Waals surface area contributed by atoms with Crippen LogP contribution in [0.4, 0.5) is 0 Å². The first kappa shape index (κ1) is 36.3. The lowest BCUT2D eigenvalue weighted by molar-refractivity contribution is -0.576. The molecule has 4 saturated heterocycles. The molecule has 5 heterocycles. The van der Waals surface area contributed by atoms with Crippen molar-refractivity contribution in [1.29, 1.82) is 0 Å². The lowest BCUT2D eigenvalue weighted by atomic mass is 9.58. The summed E-state index contributed by atoms with van der Waals surface area (Å²) in [6.07, 6.45) is 3.74. The number of aromatic nitrogens is 1. The fourth-order valence-electron chi connectivity index (χ4n) is 8.51. The van der Waals surface area contributed by atoms with Gasteiger partial charge in [0.2, 0.25) is 23.9 Å². The molecule has 2 aromatic rings. The van der Waals surface area contributed by atoms with Crippen LogP contribution in [0.2, 0.25) is 0 Å². The number of H-pyrrole nitrogens is 1. The quantitative estimate of drug-likeness (QED) is 0.214. The zero-order valence-corrected chi connectivity index (χ0v) is 29.8. The summed E-state index contributed by atoms with van der Waals surface area (Å²) in [6.45, 7) is 9.92. The Labute approximate surface area is 292 Å². The first-order chi connectivity index (χ1) is 23.8. The molecule has 7 rings (SSSR count). The number of hydrogen-bond acceptors (Lipinski definition) is 10. The van der Waals surface area contributed by atoms with Crippen LogP contribution in [0.1, 0.15) is 85.1 Å². The minimum Gasteiger partial charge on any atom is -0.467 e. The summed E-state index contributed by atoms with van der Waals surface area (Å²) in [6, 6.07) is 5.77. The molecule has 3 N–H and O–H groups in total. The Morgan fingerprint density at radius 2 is 1.78 bits per heavy atom. The summed E-state index contributed by atoms with van der Waals surface area (Å²) < 4.78 is 23.5. The Kier molecular flexibility index (Phi) is 10.6. The van der Waals surface area contributed by atoms with E-state index in [0.717, 1.165) is 35.7 Å². The van der Waals surface area contributed by atoms with Crippen molar-refractivity contribution in [3.05, 3.63) is 36.0 Å². The molecule has 13 heteroatoms. The van der Waals surface area contributed by atoms with E-state index in [-0.39, 0.29) is 42.9 Å². The number of carbonyl (C=O) groups excluding carboxylic acids is 4. The van der Waals surface area contributed by atoms with Gasteiger partial charge in [-0.1, -0.05) is 45.9 Å². The van der Waals surface area contributed by atoms with Crippen LogP contribution in [0.15, 0.2) is 30.5 Å². The van der Waals surface area contributed by atoms with Crippen LogP contribution < -0.4 is 10.6 Å². The maximum atomic E-state index is 13.5. The number of aromatic amines is 1. The molecule has 0 unspecified atom stereocenters. The molecule has 1 aromatic heterocycles. The second-order valence-electron chi connectivity index (χ2n) is 15.2. The number of benzene rings is 1. The van der Waals surface area contributed by atoms with Gasteiger partial charge in [0.25, 0.3) is 0 Å². The number of amides is 2. The molecule has 1 aromatic carbocycles. The Morgan fingerprint density at radius 3 is 2.54 bits per heavy atom. The molecule has 274 valence electrons. The number of carbonyl (C=O) groups is 4. The monoisotopic (exact) mass is 697 g/mol. The molecule has 50 heavy (non-hydrogen) atoms. The summed E-state index contributed by atoms with van der Waals surface area (Å²) in [5, 5.41) is 6.49. The van der Waals surface area contributed by atoms with Gasteiger partial charge in [-0.3, -0.25) is 14.4 Å². The SMILES string of the molecule is COC(=O)[C@H](Cc1c[nH]c2ccccc12)NC(=O)[C@H](CC(C)C)NC(=O)CCC(=O)O[C@@H]1O[C@H]2O[C@@]3(C)CC[C@H]4[C@H](C)CC[C@H]([C@@H]1C)[C@@]24OO3. The van der Waals surface area contributed by atoms with Gasteiger partial charge in [0.15, 0.2) is 11.9 Å². The van der Waals surface area contributed by atoms with E-state index in [4.69, 9.17) is 28.7 Å². The van der Waals surface area contributed by atoms with Crippen LogP contribution in [0.25, 0.3) is 10.9 Å². The van der Waals surface area contributed by atoms with E-state index in [1.807, 2.05) is 52.0 Å². The van der Waals surface area contributed by atoms with Crippen molar-refractivity contribution in [3.8, 4) is 0 Å². The summed E-state index contributed by atoms with van der Waals surface area (Å²) in [4.78, 5) is 67.7.